The van der Waals surface area contributed by atoms with Crippen LogP contribution in [0.15, 0.2) is 29.1 Å². The summed E-state index contributed by atoms with van der Waals surface area (Å²) in [5, 5.41) is 5.71. The summed E-state index contributed by atoms with van der Waals surface area (Å²) in [6.07, 6.45) is 1.94. The van der Waals surface area contributed by atoms with Gasteiger partial charge in [0.2, 0.25) is 11.8 Å². The monoisotopic (exact) mass is 412 g/mol. The Balaban J connectivity index is 1.48. The number of likely N-dealkylation sites (N-methyl/N-ethyl adjacent to an activating group) is 1. The number of carbonyl (C=O) groups is 2. The van der Waals surface area contributed by atoms with Crippen molar-refractivity contribution in [3.8, 4) is 0 Å². The van der Waals surface area contributed by atoms with E-state index in [1.165, 1.54) is 4.68 Å². The third-order valence-electron chi connectivity index (χ3n) is 6.64. The number of ether oxygens (including phenoxy) is 1. The quantitative estimate of drug-likeness (QED) is 0.756. The Hall–Kier alpha value is -2.74. The van der Waals surface area contributed by atoms with Gasteiger partial charge in [0.25, 0.3) is 5.56 Å². The van der Waals surface area contributed by atoms with Crippen molar-refractivity contribution >= 4 is 22.6 Å². The van der Waals surface area contributed by atoms with Crippen LogP contribution >= 0.6 is 0 Å². The largest absolute Gasteiger partial charge is 0.380 e. The van der Waals surface area contributed by atoms with Gasteiger partial charge in [0.05, 0.1) is 22.6 Å². The first-order valence-corrected chi connectivity index (χ1v) is 10.4. The number of carbonyl (C=O) groups excluding carboxylic acids is 2. The maximum atomic E-state index is 12.9. The molecule has 0 aliphatic carbocycles. The molecule has 8 nitrogen and oxygen atoms in total. The Morgan fingerprint density at radius 3 is 2.53 bits per heavy atom. The molecule has 2 aliphatic rings. The van der Waals surface area contributed by atoms with Crippen LogP contribution in [0.5, 0.6) is 0 Å². The zero-order chi connectivity index (χ0) is 21.5. The summed E-state index contributed by atoms with van der Waals surface area (Å²) < 4.78 is 6.78. The third-order valence-corrected chi connectivity index (χ3v) is 6.64. The topological polar surface area (TPSA) is 84.7 Å². The Morgan fingerprint density at radius 2 is 1.87 bits per heavy atom. The normalized spacial score (nSPS) is 21.4. The second-order valence-corrected chi connectivity index (χ2v) is 8.50. The number of likely N-dealkylation sites (tertiary alicyclic amines) is 2. The minimum absolute atomic E-state index is 0.0262. The molecule has 1 aromatic carbocycles. The van der Waals surface area contributed by atoms with Crippen molar-refractivity contribution in [2.24, 2.45) is 5.41 Å². The van der Waals surface area contributed by atoms with Crippen molar-refractivity contribution in [1.29, 1.82) is 0 Å². The summed E-state index contributed by atoms with van der Waals surface area (Å²) in [7, 11) is 3.49. The van der Waals surface area contributed by atoms with Gasteiger partial charge < -0.3 is 14.5 Å². The molecular formula is C22H28N4O4. The third kappa shape index (κ3) is 3.49. The molecule has 30 heavy (non-hydrogen) atoms. The summed E-state index contributed by atoms with van der Waals surface area (Å²) >= 11 is 0. The van der Waals surface area contributed by atoms with Crippen molar-refractivity contribution in [1.82, 2.24) is 19.6 Å². The highest BCUT2D eigenvalue weighted by Gasteiger charge is 2.48. The smallest absolute Gasteiger partial charge is 0.275 e. The lowest BCUT2D eigenvalue weighted by molar-refractivity contribution is -0.158. The fourth-order valence-electron chi connectivity index (χ4n) is 4.88. The first kappa shape index (κ1) is 20.5. The number of methoxy groups -OCH3 is 1. The minimum atomic E-state index is -0.459. The van der Waals surface area contributed by atoms with Crippen LogP contribution in [0.1, 0.15) is 25.0 Å². The summed E-state index contributed by atoms with van der Waals surface area (Å²) in [6.45, 7) is 3.35. The summed E-state index contributed by atoms with van der Waals surface area (Å²) in [6, 6.07) is 7.30. The molecule has 3 heterocycles. The van der Waals surface area contributed by atoms with Crippen LogP contribution in [0.2, 0.25) is 0 Å². The molecule has 2 fully saturated rings. The predicted molar refractivity (Wildman–Crippen MR) is 112 cm³/mol. The van der Waals surface area contributed by atoms with Gasteiger partial charge in [-0.3, -0.25) is 14.4 Å². The molecule has 4 rings (SSSR count). The van der Waals surface area contributed by atoms with E-state index in [1.807, 2.05) is 32.2 Å². The molecule has 160 valence electrons. The van der Waals surface area contributed by atoms with Gasteiger partial charge in [-0.25, -0.2) is 4.68 Å². The van der Waals surface area contributed by atoms with Crippen molar-refractivity contribution in [2.75, 3.05) is 33.8 Å². The lowest BCUT2D eigenvalue weighted by Crippen LogP contribution is -2.57. The molecule has 1 spiro atoms. The zero-order valence-corrected chi connectivity index (χ0v) is 17.8. The first-order valence-electron chi connectivity index (χ1n) is 10.4. The van der Waals surface area contributed by atoms with Gasteiger partial charge in [-0.05, 0) is 32.3 Å². The van der Waals surface area contributed by atoms with E-state index in [0.29, 0.717) is 44.3 Å². The van der Waals surface area contributed by atoms with E-state index < -0.39 is 5.41 Å². The number of amides is 2. The molecule has 1 aromatic heterocycles. The lowest BCUT2D eigenvalue weighted by atomic mass is 9.71. The second kappa shape index (κ2) is 7.83. The second-order valence-electron chi connectivity index (χ2n) is 8.50. The standard InChI is InChI=1S/C22H28N4O4/c1-15-17-6-4-5-7-18(17)20(28)26(23-15)14-19(27)25-10-8-22(9-11-25)12-16(30-3)13-24(2)21(22)29/h4-7,16H,8-14H2,1-3H3. The molecule has 0 N–H and O–H groups in total. The maximum absolute atomic E-state index is 12.9. The number of fused-ring (bicyclic) bond motifs is 1. The highest BCUT2D eigenvalue weighted by atomic mass is 16.5. The number of aromatic nitrogens is 2. The van der Waals surface area contributed by atoms with Crippen LogP contribution in [0.4, 0.5) is 0 Å². The van der Waals surface area contributed by atoms with E-state index in [0.717, 1.165) is 11.1 Å². The zero-order valence-electron chi connectivity index (χ0n) is 17.8. The van der Waals surface area contributed by atoms with E-state index in [1.54, 1.807) is 23.0 Å². The number of nitrogens with zero attached hydrogens (tertiary/aromatic N) is 4. The van der Waals surface area contributed by atoms with Crippen LogP contribution in [0.25, 0.3) is 10.8 Å². The summed E-state index contributed by atoms with van der Waals surface area (Å²) in [5.74, 6) is -0.0000234. The average molecular weight is 412 g/mol. The van der Waals surface area contributed by atoms with Crippen molar-refractivity contribution < 1.29 is 14.3 Å². The first-order chi connectivity index (χ1) is 14.3. The van der Waals surface area contributed by atoms with E-state index in [9.17, 15) is 14.4 Å². The number of benzene rings is 1. The van der Waals surface area contributed by atoms with E-state index in [4.69, 9.17) is 4.74 Å². The van der Waals surface area contributed by atoms with Gasteiger partial charge in [-0.15, -0.1) is 0 Å². The number of piperidine rings is 2. The van der Waals surface area contributed by atoms with Gasteiger partial charge in [0.15, 0.2) is 0 Å². The number of aryl methyl sites for hydroxylation is 1. The average Bonchev–Trinajstić information content (AvgIpc) is 2.76. The molecule has 0 saturated carbocycles. The van der Waals surface area contributed by atoms with Crippen LogP contribution in [-0.2, 0) is 20.9 Å². The molecule has 2 amide bonds. The number of rotatable bonds is 3. The van der Waals surface area contributed by atoms with Gasteiger partial charge in [0.1, 0.15) is 6.54 Å². The summed E-state index contributed by atoms with van der Waals surface area (Å²) in [4.78, 5) is 42.0. The van der Waals surface area contributed by atoms with Gasteiger partial charge in [-0.2, -0.15) is 5.10 Å². The molecule has 1 atom stereocenters. The summed E-state index contributed by atoms with van der Waals surface area (Å²) in [5.41, 5.74) is 0.00103. The molecule has 2 aromatic rings. The Kier molecular flexibility index (Phi) is 5.36. The molecule has 2 saturated heterocycles. The lowest BCUT2D eigenvalue weighted by Gasteiger charge is -2.47. The fourth-order valence-corrected chi connectivity index (χ4v) is 4.88. The molecule has 0 radical (unpaired) electrons. The van der Waals surface area contributed by atoms with Crippen molar-refractivity contribution in [3.63, 3.8) is 0 Å². The molecule has 0 bridgehead atoms. The Morgan fingerprint density at radius 1 is 1.20 bits per heavy atom. The SMILES string of the molecule is COC1CN(C)C(=O)C2(CCN(C(=O)Cn3nc(C)c4ccccc4c3=O)CC2)C1. The van der Waals surface area contributed by atoms with E-state index in [2.05, 4.69) is 5.10 Å². The van der Waals surface area contributed by atoms with Crippen LogP contribution < -0.4 is 5.56 Å². The fraction of sp³-hybridized carbons (Fsp3) is 0.545. The minimum Gasteiger partial charge on any atom is -0.380 e. The highest BCUT2D eigenvalue weighted by Crippen LogP contribution is 2.41. The molecule has 8 heteroatoms. The van der Waals surface area contributed by atoms with Crippen molar-refractivity contribution in [2.45, 2.75) is 38.8 Å². The predicted octanol–water partition coefficient (Wildman–Crippen LogP) is 1.19. The molecular weight excluding hydrogens is 384 g/mol. The van der Waals surface area contributed by atoms with Crippen LogP contribution in [0, 0.1) is 12.3 Å². The molecule has 1 unspecified atom stereocenters. The highest BCUT2D eigenvalue weighted by molar-refractivity contribution is 5.85. The van der Waals surface area contributed by atoms with Crippen LogP contribution in [-0.4, -0.2) is 71.3 Å². The number of hydrogen-bond acceptors (Lipinski definition) is 5. The van der Waals surface area contributed by atoms with E-state index >= 15 is 0 Å². The molecule has 2 aliphatic heterocycles. The number of hydrogen-bond donors (Lipinski definition) is 0. The van der Waals surface area contributed by atoms with E-state index in [-0.39, 0.29) is 30.0 Å². The Bertz CT molecular complexity index is 1040. The van der Waals surface area contributed by atoms with Gasteiger partial charge in [0, 0.05) is 39.2 Å². The van der Waals surface area contributed by atoms with Crippen LogP contribution in [0.3, 0.4) is 0 Å². The van der Waals surface area contributed by atoms with Gasteiger partial charge in [-0.1, -0.05) is 18.2 Å². The Labute approximate surface area is 175 Å². The van der Waals surface area contributed by atoms with Gasteiger partial charge >= 0.3 is 0 Å². The maximum Gasteiger partial charge on any atom is 0.275 e. The van der Waals surface area contributed by atoms with Crippen molar-refractivity contribution in [3.05, 3.63) is 40.3 Å².